The number of halogens is 1. The number of aromatic nitrogens is 4. The predicted molar refractivity (Wildman–Crippen MR) is 112 cm³/mol. The average molecular weight is 415 g/mol. The molecule has 2 aromatic heterocycles. The van der Waals surface area contributed by atoms with Crippen LogP contribution in [-0.4, -0.2) is 20.2 Å². The van der Waals surface area contributed by atoms with Crippen LogP contribution in [0.15, 0.2) is 83.3 Å². The molecule has 3 aromatic carbocycles. The number of hydrogen-bond donors (Lipinski definition) is 2. The minimum absolute atomic E-state index is 0.807. The van der Waals surface area contributed by atoms with Crippen LogP contribution in [0.3, 0.4) is 0 Å². The van der Waals surface area contributed by atoms with Gasteiger partial charge in [0, 0.05) is 15.6 Å². The fourth-order valence-corrected chi connectivity index (χ4v) is 3.54. The summed E-state index contributed by atoms with van der Waals surface area (Å²) >= 11 is 3.50. The number of aromatic amines is 2. The number of rotatable bonds is 3. The van der Waals surface area contributed by atoms with E-state index in [0.717, 1.165) is 49.4 Å². The molecule has 130 valence electrons. The molecular weight excluding hydrogens is 400 g/mol. The van der Waals surface area contributed by atoms with Gasteiger partial charge >= 0.3 is 0 Å². The zero-order chi connectivity index (χ0) is 18.2. The maximum atomic E-state index is 4.82. The Morgan fingerprint density at radius 3 is 2.26 bits per heavy atom. The summed E-state index contributed by atoms with van der Waals surface area (Å²) in [5.74, 6) is 0.807. The van der Waals surface area contributed by atoms with E-state index >= 15 is 0 Å². The molecule has 27 heavy (non-hydrogen) atoms. The van der Waals surface area contributed by atoms with E-state index in [4.69, 9.17) is 4.98 Å². The zero-order valence-corrected chi connectivity index (χ0v) is 15.9. The first-order chi connectivity index (χ1) is 13.3. The van der Waals surface area contributed by atoms with Crippen molar-refractivity contribution in [3.63, 3.8) is 0 Å². The molecule has 0 atom stereocenters. The highest BCUT2D eigenvalue weighted by Gasteiger charge is 2.20. The molecule has 0 radical (unpaired) electrons. The average Bonchev–Trinajstić information content (AvgIpc) is 3.33. The fraction of sp³-hybridized carbons (Fsp3) is 0. The molecule has 0 unspecified atom stereocenters. The van der Waals surface area contributed by atoms with Crippen LogP contribution < -0.4 is 0 Å². The Labute approximate surface area is 164 Å². The Morgan fingerprint density at radius 2 is 1.48 bits per heavy atom. The largest absolute Gasteiger partial charge is 0.338 e. The first kappa shape index (κ1) is 16.0. The van der Waals surface area contributed by atoms with Gasteiger partial charge in [-0.25, -0.2) is 4.98 Å². The van der Waals surface area contributed by atoms with Crippen molar-refractivity contribution < 1.29 is 0 Å². The molecule has 0 spiro atoms. The van der Waals surface area contributed by atoms with Gasteiger partial charge in [-0.05, 0) is 24.3 Å². The molecule has 0 aliphatic heterocycles. The van der Waals surface area contributed by atoms with Crippen LogP contribution in [0.25, 0.3) is 44.9 Å². The number of para-hydroxylation sites is 2. The maximum absolute atomic E-state index is 4.82. The molecule has 0 aliphatic rings. The molecule has 0 bridgehead atoms. The molecule has 0 aliphatic carbocycles. The summed E-state index contributed by atoms with van der Waals surface area (Å²) in [6.45, 7) is 0. The molecular formula is C22H15BrN4. The van der Waals surface area contributed by atoms with Crippen LogP contribution in [-0.2, 0) is 0 Å². The van der Waals surface area contributed by atoms with Gasteiger partial charge in [-0.2, -0.15) is 5.10 Å². The molecule has 0 fully saturated rings. The molecule has 0 saturated carbocycles. The van der Waals surface area contributed by atoms with Crippen LogP contribution in [0, 0.1) is 0 Å². The van der Waals surface area contributed by atoms with E-state index in [1.807, 2.05) is 54.6 Å². The lowest BCUT2D eigenvalue weighted by molar-refractivity contribution is 1.10. The highest BCUT2D eigenvalue weighted by molar-refractivity contribution is 9.10. The molecule has 0 saturated heterocycles. The van der Waals surface area contributed by atoms with Gasteiger partial charge in [0.05, 0.1) is 22.3 Å². The highest BCUT2D eigenvalue weighted by Crippen LogP contribution is 2.37. The van der Waals surface area contributed by atoms with E-state index < -0.39 is 0 Å². The van der Waals surface area contributed by atoms with Crippen LogP contribution in [0.5, 0.6) is 0 Å². The number of imidazole rings is 1. The summed E-state index contributed by atoms with van der Waals surface area (Å²) in [4.78, 5) is 8.27. The number of hydrogen-bond acceptors (Lipinski definition) is 2. The van der Waals surface area contributed by atoms with Gasteiger partial charge in [0.2, 0.25) is 0 Å². The Morgan fingerprint density at radius 1 is 0.741 bits per heavy atom. The van der Waals surface area contributed by atoms with Crippen molar-refractivity contribution in [2.45, 2.75) is 0 Å². The first-order valence-corrected chi connectivity index (χ1v) is 9.44. The monoisotopic (exact) mass is 414 g/mol. The molecule has 5 aromatic rings. The van der Waals surface area contributed by atoms with Crippen molar-refractivity contribution >= 4 is 27.0 Å². The van der Waals surface area contributed by atoms with E-state index in [0.29, 0.717) is 0 Å². The third kappa shape index (κ3) is 2.86. The summed E-state index contributed by atoms with van der Waals surface area (Å²) in [5.41, 5.74) is 6.85. The summed E-state index contributed by atoms with van der Waals surface area (Å²) in [5, 5.41) is 7.86. The quantitative estimate of drug-likeness (QED) is 0.377. The fourth-order valence-electron chi connectivity index (χ4n) is 3.27. The molecule has 4 nitrogen and oxygen atoms in total. The van der Waals surface area contributed by atoms with E-state index in [-0.39, 0.29) is 0 Å². The number of nitrogens with zero attached hydrogens (tertiary/aromatic N) is 2. The minimum Gasteiger partial charge on any atom is -0.338 e. The molecule has 2 heterocycles. The van der Waals surface area contributed by atoms with E-state index in [9.17, 15) is 0 Å². The van der Waals surface area contributed by atoms with Crippen molar-refractivity contribution in [3.8, 4) is 33.9 Å². The molecule has 5 heteroatoms. The number of fused-ring (bicyclic) bond motifs is 1. The molecule has 2 N–H and O–H groups in total. The third-order valence-electron chi connectivity index (χ3n) is 4.57. The minimum atomic E-state index is 0.807. The lowest BCUT2D eigenvalue weighted by atomic mass is 10.0. The standard InChI is InChI=1S/C22H15BrN4/c23-16-12-10-15(11-13-16)21-19(20(26-27-21)14-6-2-1-3-7-14)22-24-17-8-4-5-9-18(17)25-22/h1-13H,(H,24,25)(H,26,27). The Bertz CT molecular complexity index is 1190. The summed E-state index contributed by atoms with van der Waals surface area (Å²) in [6, 6.07) is 26.4. The second kappa shape index (κ2) is 6.52. The van der Waals surface area contributed by atoms with Crippen LogP contribution in [0.2, 0.25) is 0 Å². The van der Waals surface area contributed by atoms with Crippen LogP contribution >= 0.6 is 15.9 Å². The van der Waals surface area contributed by atoms with Gasteiger partial charge in [0.1, 0.15) is 11.5 Å². The van der Waals surface area contributed by atoms with Gasteiger partial charge in [-0.3, -0.25) is 5.10 Å². The van der Waals surface area contributed by atoms with Gasteiger partial charge in [0.15, 0.2) is 0 Å². The van der Waals surface area contributed by atoms with Crippen LogP contribution in [0.4, 0.5) is 0 Å². The predicted octanol–water partition coefficient (Wildman–Crippen LogP) is 6.05. The zero-order valence-electron chi connectivity index (χ0n) is 14.3. The van der Waals surface area contributed by atoms with E-state index in [2.05, 4.69) is 55.4 Å². The number of nitrogens with one attached hydrogen (secondary N) is 2. The van der Waals surface area contributed by atoms with E-state index in [1.54, 1.807) is 0 Å². The second-order valence-corrected chi connectivity index (χ2v) is 7.21. The summed E-state index contributed by atoms with van der Waals surface area (Å²) in [6.07, 6.45) is 0. The summed E-state index contributed by atoms with van der Waals surface area (Å²) in [7, 11) is 0. The first-order valence-electron chi connectivity index (χ1n) is 8.64. The lowest BCUT2D eigenvalue weighted by Gasteiger charge is -2.04. The number of benzene rings is 3. The molecule has 0 amide bonds. The van der Waals surface area contributed by atoms with Gasteiger partial charge in [-0.15, -0.1) is 0 Å². The smallest absolute Gasteiger partial charge is 0.142 e. The highest BCUT2D eigenvalue weighted by atomic mass is 79.9. The van der Waals surface area contributed by atoms with Gasteiger partial charge < -0.3 is 4.98 Å². The van der Waals surface area contributed by atoms with Crippen molar-refractivity contribution in [1.82, 2.24) is 20.2 Å². The maximum Gasteiger partial charge on any atom is 0.142 e. The van der Waals surface area contributed by atoms with Crippen molar-refractivity contribution in [1.29, 1.82) is 0 Å². The van der Waals surface area contributed by atoms with Crippen molar-refractivity contribution in [3.05, 3.63) is 83.3 Å². The van der Waals surface area contributed by atoms with Gasteiger partial charge in [-0.1, -0.05) is 70.5 Å². The SMILES string of the molecule is Brc1ccc(-c2[nH]nc(-c3ccccc3)c2-c2nc3ccccc3[nH]2)cc1. The Kier molecular flexibility index (Phi) is 3.87. The van der Waals surface area contributed by atoms with Crippen molar-refractivity contribution in [2.24, 2.45) is 0 Å². The lowest BCUT2D eigenvalue weighted by Crippen LogP contribution is -1.87. The van der Waals surface area contributed by atoms with Crippen LogP contribution in [0.1, 0.15) is 0 Å². The Balaban J connectivity index is 1.77. The normalized spacial score (nSPS) is 11.1. The summed E-state index contributed by atoms with van der Waals surface area (Å²) < 4.78 is 1.04. The third-order valence-corrected chi connectivity index (χ3v) is 5.10. The van der Waals surface area contributed by atoms with Gasteiger partial charge in [0.25, 0.3) is 0 Å². The van der Waals surface area contributed by atoms with E-state index in [1.165, 1.54) is 0 Å². The second-order valence-electron chi connectivity index (χ2n) is 6.30. The Hall–Kier alpha value is -3.18. The topological polar surface area (TPSA) is 57.4 Å². The molecule has 5 rings (SSSR count). The van der Waals surface area contributed by atoms with Crippen molar-refractivity contribution in [2.75, 3.05) is 0 Å². The number of H-pyrrole nitrogens is 2.